The van der Waals surface area contributed by atoms with Crippen LogP contribution in [0.2, 0.25) is 0 Å². The quantitative estimate of drug-likeness (QED) is 0.703. The van der Waals surface area contributed by atoms with Crippen LogP contribution in [-0.2, 0) is 11.3 Å². The zero-order chi connectivity index (χ0) is 12.0. The molecule has 0 amide bonds. The highest BCUT2D eigenvalue weighted by Gasteiger charge is 2.07. The molecule has 0 saturated carbocycles. The summed E-state index contributed by atoms with van der Waals surface area (Å²) in [6.07, 6.45) is -1.82. The van der Waals surface area contributed by atoms with Crippen LogP contribution in [0.15, 0.2) is 18.2 Å². The molecule has 0 radical (unpaired) electrons. The molecule has 3 nitrogen and oxygen atoms in total. The Balaban J connectivity index is 2.71. The number of aldehydes is 1. The molecule has 1 rings (SSSR count). The first-order valence-electron chi connectivity index (χ1n) is 4.65. The molecule has 0 unspecified atom stereocenters. The average Bonchev–Trinajstić information content (AvgIpc) is 2.28. The van der Waals surface area contributed by atoms with E-state index in [2.05, 4.69) is 0 Å². The van der Waals surface area contributed by atoms with Crippen molar-refractivity contribution in [1.82, 2.24) is 0 Å². The standard InChI is InChI=1S/C11H12F2O3/c1-15-10-3-2-8(5-14)4-9(10)6-16-7-11(12)13/h2-5,11H,6-7H2,1H3. The van der Waals surface area contributed by atoms with Gasteiger partial charge in [-0.25, -0.2) is 8.78 Å². The normalized spacial score (nSPS) is 10.5. The van der Waals surface area contributed by atoms with Crippen molar-refractivity contribution in [3.63, 3.8) is 0 Å². The Kier molecular flexibility index (Phi) is 4.85. The van der Waals surface area contributed by atoms with Crippen molar-refractivity contribution < 1.29 is 23.0 Å². The van der Waals surface area contributed by atoms with Gasteiger partial charge in [0.2, 0.25) is 0 Å². The number of methoxy groups -OCH3 is 1. The topological polar surface area (TPSA) is 35.5 Å². The Morgan fingerprint density at radius 2 is 2.19 bits per heavy atom. The second kappa shape index (κ2) is 6.17. The summed E-state index contributed by atoms with van der Waals surface area (Å²) in [6.45, 7) is -0.635. The third-order valence-electron chi connectivity index (χ3n) is 1.94. The first kappa shape index (κ1) is 12.6. The summed E-state index contributed by atoms with van der Waals surface area (Å²) >= 11 is 0. The minimum atomic E-state index is -2.50. The third-order valence-corrected chi connectivity index (χ3v) is 1.94. The Morgan fingerprint density at radius 3 is 2.75 bits per heavy atom. The number of carbonyl (C=O) groups excluding carboxylic acids is 1. The van der Waals surface area contributed by atoms with Gasteiger partial charge in [-0.2, -0.15) is 0 Å². The van der Waals surface area contributed by atoms with Crippen molar-refractivity contribution in [2.24, 2.45) is 0 Å². The van der Waals surface area contributed by atoms with E-state index in [0.717, 1.165) is 0 Å². The summed E-state index contributed by atoms with van der Waals surface area (Å²) in [7, 11) is 1.46. The molecule has 5 heteroatoms. The number of alkyl halides is 2. The van der Waals surface area contributed by atoms with Crippen LogP contribution in [0.3, 0.4) is 0 Å². The number of rotatable bonds is 6. The summed E-state index contributed by atoms with van der Waals surface area (Å²) in [4.78, 5) is 10.5. The molecule has 0 fully saturated rings. The van der Waals surface area contributed by atoms with E-state index in [1.807, 2.05) is 0 Å². The van der Waals surface area contributed by atoms with Gasteiger partial charge >= 0.3 is 0 Å². The molecule has 0 saturated heterocycles. The molecule has 0 spiro atoms. The maximum Gasteiger partial charge on any atom is 0.261 e. The van der Waals surface area contributed by atoms with Crippen molar-refractivity contribution in [3.8, 4) is 5.75 Å². The van der Waals surface area contributed by atoms with Gasteiger partial charge in [0.05, 0.1) is 13.7 Å². The van der Waals surface area contributed by atoms with Gasteiger partial charge in [-0.1, -0.05) is 0 Å². The largest absolute Gasteiger partial charge is 0.496 e. The number of benzene rings is 1. The van der Waals surface area contributed by atoms with Gasteiger partial charge < -0.3 is 9.47 Å². The maximum atomic E-state index is 11.9. The predicted molar refractivity (Wildman–Crippen MR) is 54.0 cm³/mol. The predicted octanol–water partition coefficient (Wildman–Crippen LogP) is 2.29. The lowest BCUT2D eigenvalue weighted by Crippen LogP contribution is -2.05. The van der Waals surface area contributed by atoms with Gasteiger partial charge in [-0.05, 0) is 18.2 Å². The van der Waals surface area contributed by atoms with Crippen LogP contribution in [0, 0.1) is 0 Å². The molecule has 0 aliphatic carbocycles. The first-order chi connectivity index (χ1) is 7.67. The van der Waals surface area contributed by atoms with Crippen LogP contribution in [0.5, 0.6) is 5.75 Å². The molecule has 1 aromatic carbocycles. The van der Waals surface area contributed by atoms with E-state index >= 15 is 0 Å². The number of carbonyl (C=O) groups is 1. The number of ether oxygens (including phenoxy) is 2. The number of halogens is 2. The van der Waals surface area contributed by atoms with Gasteiger partial charge in [-0.3, -0.25) is 4.79 Å². The number of hydrogen-bond acceptors (Lipinski definition) is 3. The van der Waals surface area contributed by atoms with Crippen LogP contribution in [0.1, 0.15) is 15.9 Å². The Morgan fingerprint density at radius 1 is 1.44 bits per heavy atom. The van der Waals surface area contributed by atoms with Crippen LogP contribution >= 0.6 is 0 Å². The van der Waals surface area contributed by atoms with Gasteiger partial charge in [0.1, 0.15) is 18.6 Å². The van der Waals surface area contributed by atoms with Gasteiger partial charge in [0.15, 0.2) is 0 Å². The van der Waals surface area contributed by atoms with Crippen LogP contribution in [0.4, 0.5) is 8.78 Å². The molecular weight excluding hydrogens is 218 g/mol. The lowest BCUT2D eigenvalue weighted by atomic mass is 10.1. The van der Waals surface area contributed by atoms with E-state index < -0.39 is 13.0 Å². The molecule has 0 aliphatic heterocycles. The summed E-state index contributed by atoms with van der Waals surface area (Å²) in [5, 5.41) is 0. The molecule has 0 N–H and O–H groups in total. The minimum absolute atomic E-state index is 0.00477. The third kappa shape index (κ3) is 3.58. The fourth-order valence-electron chi connectivity index (χ4n) is 1.24. The highest BCUT2D eigenvalue weighted by molar-refractivity contribution is 5.75. The molecule has 0 bridgehead atoms. The summed E-state index contributed by atoms with van der Waals surface area (Å²) in [5.74, 6) is 0.514. The number of hydrogen-bond donors (Lipinski definition) is 0. The Labute approximate surface area is 92.0 Å². The molecule has 88 valence electrons. The fraction of sp³-hybridized carbons (Fsp3) is 0.364. The van der Waals surface area contributed by atoms with Crippen LogP contribution in [-0.4, -0.2) is 26.4 Å². The van der Waals surface area contributed by atoms with Gasteiger partial charge in [-0.15, -0.1) is 0 Å². The molecule has 16 heavy (non-hydrogen) atoms. The van der Waals surface area contributed by atoms with Gasteiger partial charge in [0.25, 0.3) is 6.43 Å². The fourth-order valence-corrected chi connectivity index (χ4v) is 1.24. The van der Waals surface area contributed by atoms with Crippen LogP contribution in [0.25, 0.3) is 0 Å². The maximum absolute atomic E-state index is 11.9. The second-order valence-electron chi connectivity index (χ2n) is 3.10. The summed E-state index contributed by atoms with van der Waals surface area (Å²) in [6, 6.07) is 4.74. The van der Waals surface area contributed by atoms with E-state index in [9.17, 15) is 13.6 Å². The second-order valence-corrected chi connectivity index (χ2v) is 3.10. The molecule has 0 aromatic heterocycles. The van der Waals surface area contributed by atoms with Gasteiger partial charge in [0, 0.05) is 11.1 Å². The van der Waals surface area contributed by atoms with Crippen molar-refractivity contribution in [2.45, 2.75) is 13.0 Å². The molecule has 0 heterocycles. The van der Waals surface area contributed by atoms with Crippen molar-refractivity contribution in [3.05, 3.63) is 29.3 Å². The van der Waals surface area contributed by atoms with Crippen molar-refractivity contribution in [1.29, 1.82) is 0 Å². The SMILES string of the molecule is COc1ccc(C=O)cc1COCC(F)F. The monoisotopic (exact) mass is 230 g/mol. The minimum Gasteiger partial charge on any atom is -0.496 e. The Bertz CT molecular complexity index is 353. The summed E-state index contributed by atoms with van der Waals surface area (Å²) < 4.78 is 33.5. The zero-order valence-electron chi connectivity index (χ0n) is 8.78. The lowest BCUT2D eigenvalue weighted by molar-refractivity contribution is 0.00931. The van der Waals surface area contributed by atoms with Crippen molar-refractivity contribution in [2.75, 3.05) is 13.7 Å². The molecular formula is C11H12F2O3. The zero-order valence-corrected chi connectivity index (χ0v) is 8.78. The van der Waals surface area contributed by atoms with E-state index in [1.165, 1.54) is 7.11 Å². The van der Waals surface area contributed by atoms with Crippen LogP contribution < -0.4 is 4.74 Å². The molecule has 0 atom stereocenters. The van der Waals surface area contributed by atoms with Crippen molar-refractivity contribution >= 4 is 6.29 Å². The van der Waals surface area contributed by atoms with E-state index in [-0.39, 0.29) is 6.61 Å². The molecule has 1 aromatic rings. The van der Waals surface area contributed by atoms with E-state index in [1.54, 1.807) is 18.2 Å². The molecule has 0 aliphatic rings. The highest BCUT2D eigenvalue weighted by Crippen LogP contribution is 2.20. The lowest BCUT2D eigenvalue weighted by Gasteiger charge is -2.09. The van der Waals surface area contributed by atoms with E-state index in [0.29, 0.717) is 23.2 Å². The highest BCUT2D eigenvalue weighted by atomic mass is 19.3. The summed E-state index contributed by atoms with van der Waals surface area (Å²) in [5.41, 5.74) is 1.03. The first-order valence-corrected chi connectivity index (χ1v) is 4.65. The van der Waals surface area contributed by atoms with E-state index in [4.69, 9.17) is 9.47 Å². The smallest absolute Gasteiger partial charge is 0.261 e. The average molecular weight is 230 g/mol. The Hall–Kier alpha value is -1.49.